The quantitative estimate of drug-likeness (QED) is 0.643. The van der Waals surface area contributed by atoms with E-state index in [1.807, 2.05) is 54.6 Å². The maximum absolute atomic E-state index is 12.8. The summed E-state index contributed by atoms with van der Waals surface area (Å²) in [4.78, 5) is 12.8. The Morgan fingerprint density at radius 1 is 0.931 bits per heavy atom. The van der Waals surface area contributed by atoms with Gasteiger partial charge < -0.3 is 15.4 Å². The fourth-order valence-electron chi connectivity index (χ4n) is 3.91. The van der Waals surface area contributed by atoms with Crippen molar-refractivity contribution < 1.29 is 9.53 Å². The second kappa shape index (κ2) is 8.93. The zero-order valence-corrected chi connectivity index (χ0v) is 16.7. The van der Waals surface area contributed by atoms with Gasteiger partial charge in [-0.05, 0) is 78.9 Å². The van der Waals surface area contributed by atoms with Crippen molar-refractivity contribution in [2.24, 2.45) is 0 Å². The molecular formula is C25H26N2O2. The lowest BCUT2D eigenvalue weighted by atomic mass is 9.89. The van der Waals surface area contributed by atoms with Crippen LogP contribution in [0.1, 0.15) is 34.7 Å². The van der Waals surface area contributed by atoms with E-state index in [-0.39, 0.29) is 5.91 Å². The van der Waals surface area contributed by atoms with E-state index in [0.717, 1.165) is 48.5 Å². The van der Waals surface area contributed by atoms with Crippen LogP contribution in [-0.4, -0.2) is 26.1 Å². The van der Waals surface area contributed by atoms with Crippen LogP contribution in [0, 0.1) is 0 Å². The molecule has 0 unspecified atom stereocenters. The second-order valence-electron chi connectivity index (χ2n) is 7.38. The Kier molecular flexibility index (Phi) is 5.92. The first-order chi connectivity index (χ1) is 14.2. The first-order valence-corrected chi connectivity index (χ1v) is 10.1. The molecule has 0 aliphatic carbocycles. The summed E-state index contributed by atoms with van der Waals surface area (Å²) >= 11 is 0. The summed E-state index contributed by atoms with van der Waals surface area (Å²) in [6.45, 7) is 2.02. The molecule has 148 valence electrons. The molecule has 3 aromatic carbocycles. The summed E-state index contributed by atoms with van der Waals surface area (Å²) in [5.41, 5.74) is 4.85. The highest BCUT2D eigenvalue weighted by molar-refractivity contribution is 6.04. The minimum atomic E-state index is -0.106. The zero-order chi connectivity index (χ0) is 20.1. The lowest BCUT2D eigenvalue weighted by molar-refractivity contribution is 0.102. The van der Waals surface area contributed by atoms with Crippen LogP contribution in [-0.2, 0) is 0 Å². The Labute approximate surface area is 171 Å². The van der Waals surface area contributed by atoms with Gasteiger partial charge in [0, 0.05) is 11.3 Å². The molecule has 1 aliphatic heterocycles. The lowest BCUT2D eigenvalue weighted by Crippen LogP contribution is -2.26. The Morgan fingerprint density at radius 3 is 2.31 bits per heavy atom. The second-order valence-corrected chi connectivity index (χ2v) is 7.38. The minimum Gasteiger partial charge on any atom is -0.496 e. The number of carbonyl (C=O) groups excluding carboxylic acids is 1. The number of benzene rings is 3. The van der Waals surface area contributed by atoms with Gasteiger partial charge in [0.15, 0.2) is 0 Å². The average molecular weight is 386 g/mol. The summed E-state index contributed by atoms with van der Waals surface area (Å²) in [5.74, 6) is 1.24. The average Bonchev–Trinajstić information content (AvgIpc) is 2.80. The molecule has 0 saturated carbocycles. The fourth-order valence-corrected chi connectivity index (χ4v) is 3.91. The van der Waals surface area contributed by atoms with Crippen molar-refractivity contribution in [3.8, 4) is 16.9 Å². The highest BCUT2D eigenvalue weighted by Gasteiger charge is 2.20. The van der Waals surface area contributed by atoms with Crippen molar-refractivity contribution in [2.45, 2.75) is 18.8 Å². The number of amides is 1. The molecule has 4 rings (SSSR count). The smallest absolute Gasteiger partial charge is 0.255 e. The van der Waals surface area contributed by atoms with Crippen molar-refractivity contribution >= 4 is 11.6 Å². The van der Waals surface area contributed by atoms with Crippen molar-refractivity contribution in [1.82, 2.24) is 5.32 Å². The highest BCUT2D eigenvalue weighted by Crippen LogP contribution is 2.34. The van der Waals surface area contributed by atoms with E-state index in [0.29, 0.717) is 11.5 Å². The number of hydrogen-bond acceptors (Lipinski definition) is 3. The number of methoxy groups -OCH3 is 1. The van der Waals surface area contributed by atoms with Crippen molar-refractivity contribution in [2.75, 3.05) is 25.5 Å². The zero-order valence-electron chi connectivity index (χ0n) is 16.7. The summed E-state index contributed by atoms with van der Waals surface area (Å²) in [6, 6.07) is 23.8. The van der Waals surface area contributed by atoms with E-state index >= 15 is 0 Å². The predicted molar refractivity (Wildman–Crippen MR) is 118 cm³/mol. The molecule has 1 heterocycles. The number of rotatable bonds is 5. The molecule has 1 saturated heterocycles. The molecule has 29 heavy (non-hydrogen) atoms. The molecule has 0 aromatic heterocycles. The molecule has 1 amide bonds. The van der Waals surface area contributed by atoms with Crippen molar-refractivity contribution in [3.05, 3.63) is 83.9 Å². The van der Waals surface area contributed by atoms with E-state index in [4.69, 9.17) is 4.74 Å². The van der Waals surface area contributed by atoms with Crippen molar-refractivity contribution in [1.29, 1.82) is 0 Å². The number of nitrogens with one attached hydrogen (secondary N) is 2. The van der Waals surface area contributed by atoms with Gasteiger partial charge in [0.25, 0.3) is 5.91 Å². The van der Waals surface area contributed by atoms with E-state index in [9.17, 15) is 4.79 Å². The summed E-state index contributed by atoms with van der Waals surface area (Å²) in [7, 11) is 1.70. The van der Waals surface area contributed by atoms with E-state index in [2.05, 4.69) is 28.8 Å². The Bertz CT molecular complexity index is 962. The summed E-state index contributed by atoms with van der Waals surface area (Å²) in [6.07, 6.45) is 2.16. The molecule has 0 atom stereocenters. The molecule has 0 spiro atoms. The highest BCUT2D eigenvalue weighted by atomic mass is 16.5. The van der Waals surface area contributed by atoms with Crippen LogP contribution in [0.15, 0.2) is 72.8 Å². The van der Waals surface area contributed by atoms with Gasteiger partial charge in [0.1, 0.15) is 5.75 Å². The molecule has 4 nitrogen and oxygen atoms in total. The van der Waals surface area contributed by atoms with Crippen LogP contribution in [0.5, 0.6) is 5.75 Å². The molecule has 2 N–H and O–H groups in total. The predicted octanol–water partition coefficient (Wildman–Crippen LogP) is 5.08. The lowest BCUT2D eigenvalue weighted by Gasteiger charge is -2.25. The van der Waals surface area contributed by atoms with Gasteiger partial charge in [-0.15, -0.1) is 0 Å². The van der Waals surface area contributed by atoms with Gasteiger partial charge in [-0.1, -0.05) is 42.5 Å². The van der Waals surface area contributed by atoms with Gasteiger partial charge in [-0.3, -0.25) is 4.79 Å². The topological polar surface area (TPSA) is 50.4 Å². The maximum atomic E-state index is 12.8. The number of hydrogen-bond donors (Lipinski definition) is 2. The normalized spacial score (nSPS) is 14.4. The molecular weight excluding hydrogens is 360 g/mol. The third kappa shape index (κ3) is 4.49. The minimum absolute atomic E-state index is 0.106. The van der Waals surface area contributed by atoms with Crippen LogP contribution < -0.4 is 15.4 Å². The molecule has 1 fully saturated rings. The third-order valence-corrected chi connectivity index (χ3v) is 5.52. The van der Waals surface area contributed by atoms with Crippen LogP contribution >= 0.6 is 0 Å². The van der Waals surface area contributed by atoms with Crippen LogP contribution in [0.4, 0.5) is 5.69 Å². The number of ether oxygens (including phenoxy) is 1. The molecule has 3 aromatic rings. The standard InChI is InChI=1S/C25H26N2O2/c1-29-24-12-11-22(17-23(24)20-13-15-26-16-14-20)27-25(28)21-9-7-19(8-10-21)18-5-3-2-4-6-18/h2-12,17,20,26H,13-16H2,1H3,(H,27,28). The van der Waals surface area contributed by atoms with Gasteiger partial charge in [-0.25, -0.2) is 0 Å². The van der Waals surface area contributed by atoms with Crippen LogP contribution in [0.3, 0.4) is 0 Å². The molecule has 0 radical (unpaired) electrons. The Balaban J connectivity index is 1.50. The van der Waals surface area contributed by atoms with E-state index < -0.39 is 0 Å². The Morgan fingerprint density at radius 2 is 1.62 bits per heavy atom. The van der Waals surface area contributed by atoms with Gasteiger partial charge in [-0.2, -0.15) is 0 Å². The van der Waals surface area contributed by atoms with Gasteiger partial charge in [0.2, 0.25) is 0 Å². The summed E-state index contributed by atoms with van der Waals surface area (Å²) in [5, 5.41) is 6.43. The molecule has 1 aliphatic rings. The number of piperidine rings is 1. The van der Waals surface area contributed by atoms with E-state index in [1.165, 1.54) is 5.56 Å². The van der Waals surface area contributed by atoms with Gasteiger partial charge in [0.05, 0.1) is 7.11 Å². The van der Waals surface area contributed by atoms with Gasteiger partial charge >= 0.3 is 0 Å². The SMILES string of the molecule is COc1ccc(NC(=O)c2ccc(-c3ccccc3)cc2)cc1C1CCNCC1. The van der Waals surface area contributed by atoms with Crippen LogP contribution in [0.25, 0.3) is 11.1 Å². The first-order valence-electron chi connectivity index (χ1n) is 10.1. The van der Waals surface area contributed by atoms with E-state index in [1.54, 1.807) is 7.11 Å². The maximum Gasteiger partial charge on any atom is 0.255 e. The first kappa shape index (κ1) is 19.2. The molecule has 4 heteroatoms. The van der Waals surface area contributed by atoms with Crippen molar-refractivity contribution in [3.63, 3.8) is 0 Å². The number of anilines is 1. The number of carbonyl (C=O) groups is 1. The third-order valence-electron chi connectivity index (χ3n) is 5.52. The fraction of sp³-hybridized carbons (Fsp3) is 0.240. The van der Waals surface area contributed by atoms with Crippen LogP contribution in [0.2, 0.25) is 0 Å². The monoisotopic (exact) mass is 386 g/mol. The largest absolute Gasteiger partial charge is 0.496 e. The molecule has 0 bridgehead atoms. The summed E-state index contributed by atoms with van der Waals surface area (Å²) < 4.78 is 5.57. The Hall–Kier alpha value is -3.11.